The van der Waals surface area contributed by atoms with E-state index in [1.165, 1.54) is 19.2 Å². The number of hydrogen-bond donors (Lipinski definition) is 1. The molecule has 0 saturated heterocycles. The third kappa shape index (κ3) is 3.22. The highest BCUT2D eigenvalue weighted by Gasteiger charge is 2.27. The van der Waals surface area contributed by atoms with Crippen molar-refractivity contribution < 1.29 is 19.6 Å². The largest absolute Gasteiger partial charge is 0.504 e. The molecule has 2 aromatic carbocycles. The number of Topliss-reactive ketones (excluding diaryl/α,β-unsaturated/α-hetero) is 1. The smallest absolute Gasteiger partial charge is 0.325 e. The van der Waals surface area contributed by atoms with Crippen LogP contribution in [0.5, 0.6) is 11.5 Å². The van der Waals surface area contributed by atoms with Crippen molar-refractivity contribution >= 4 is 11.5 Å². The molecule has 1 N–H and O–H groups in total. The molecular formula is C16H15NO5. The zero-order chi connectivity index (χ0) is 16.1. The van der Waals surface area contributed by atoms with E-state index < -0.39 is 10.6 Å². The number of nitro groups is 1. The fourth-order valence-electron chi connectivity index (χ4n) is 2.21. The summed E-state index contributed by atoms with van der Waals surface area (Å²) in [6, 6.07) is 11.9. The lowest BCUT2D eigenvalue weighted by molar-refractivity contribution is -0.386. The molecule has 0 aliphatic heterocycles. The van der Waals surface area contributed by atoms with Gasteiger partial charge in [-0.1, -0.05) is 30.3 Å². The van der Waals surface area contributed by atoms with Crippen molar-refractivity contribution in [3.63, 3.8) is 0 Å². The van der Waals surface area contributed by atoms with Crippen LogP contribution < -0.4 is 4.74 Å². The number of methoxy groups -OCH3 is 1. The number of phenolic OH excluding ortho intramolecular Hbond substituents is 1. The molecule has 0 aliphatic carbocycles. The van der Waals surface area contributed by atoms with Gasteiger partial charge in [-0.25, -0.2) is 0 Å². The topological polar surface area (TPSA) is 89.7 Å². The molecule has 2 aromatic rings. The molecule has 0 saturated carbocycles. The molecule has 0 fully saturated rings. The van der Waals surface area contributed by atoms with Gasteiger partial charge in [0.1, 0.15) is 0 Å². The molecule has 0 unspecified atom stereocenters. The summed E-state index contributed by atoms with van der Waals surface area (Å²) in [5.74, 6) is -1.03. The van der Waals surface area contributed by atoms with Gasteiger partial charge in [-0.2, -0.15) is 0 Å². The normalized spacial score (nSPS) is 10.2. The standard InChI is InChI=1S/C16H15NO5/c1-22-16-14(19)10-8-12(15(16)17(20)21)13(18)9-7-11-5-3-2-4-6-11/h2-6,8,10,19H,7,9H2,1H3. The van der Waals surface area contributed by atoms with Crippen LogP contribution in [0.15, 0.2) is 42.5 Å². The average molecular weight is 301 g/mol. The molecule has 0 aromatic heterocycles. The number of carbonyl (C=O) groups excluding carboxylic acids is 1. The van der Waals surface area contributed by atoms with Crippen LogP contribution in [0.3, 0.4) is 0 Å². The number of rotatable bonds is 6. The van der Waals surface area contributed by atoms with Gasteiger partial charge in [-0.3, -0.25) is 14.9 Å². The molecule has 114 valence electrons. The van der Waals surface area contributed by atoms with E-state index in [2.05, 4.69) is 0 Å². The van der Waals surface area contributed by atoms with Crippen molar-refractivity contribution in [2.75, 3.05) is 7.11 Å². The molecule has 0 atom stereocenters. The Bertz CT molecular complexity index is 697. The van der Waals surface area contributed by atoms with Crippen molar-refractivity contribution in [2.24, 2.45) is 0 Å². The molecule has 22 heavy (non-hydrogen) atoms. The molecule has 6 heteroatoms. The van der Waals surface area contributed by atoms with Crippen molar-refractivity contribution in [1.29, 1.82) is 0 Å². The van der Waals surface area contributed by atoms with Gasteiger partial charge in [0, 0.05) is 6.42 Å². The summed E-state index contributed by atoms with van der Waals surface area (Å²) in [4.78, 5) is 22.8. The number of ether oxygens (including phenoxy) is 1. The average Bonchev–Trinajstić information content (AvgIpc) is 2.53. The summed E-state index contributed by atoms with van der Waals surface area (Å²) >= 11 is 0. The summed E-state index contributed by atoms with van der Waals surface area (Å²) in [5, 5.41) is 20.8. The minimum Gasteiger partial charge on any atom is -0.504 e. The van der Waals surface area contributed by atoms with Gasteiger partial charge < -0.3 is 9.84 Å². The Morgan fingerprint density at radius 2 is 1.91 bits per heavy atom. The van der Waals surface area contributed by atoms with Crippen LogP contribution in [0.1, 0.15) is 22.3 Å². The van der Waals surface area contributed by atoms with E-state index in [-0.39, 0.29) is 29.3 Å². The SMILES string of the molecule is COc1c(O)ccc(C(=O)CCc2ccccc2)c1[N+](=O)[O-]. The van der Waals surface area contributed by atoms with Gasteiger partial charge in [0.25, 0.3) is 0 Å². The van der Waals surface area contributed by atoms with Gasteiger partial charge in [-0.05, 0) is 24.1 Å². The maximum atomic E-state index is 12.3. The van der Waals surface area contributed by atoms with E-state index in [0.29, 0.717) is 6.42 Å². The number of ketones is 1. The molecule has 0 aliphatic rings. The second-order valence-electron chi connectivity index (χ2n) is 4.68. The molecule has 0 heterocycles. The van der Waals surface area contributed by atoms with Crippen LogP contribution in [0.2, 0.25) is 0 Å². The Morgan fingerprint density at radius 1 is 1.23 bits per heavy atom. The predicted octanol–water partition coefficient (Wildman–Crippen LogP) is 3.12. The maximum absolute atomic E-state index is 12.3. The second kappa shape index (κ2) is 6.71. The fraction of sp³-hybridized carbons (Fsp3) is 0.188. The van der Waals surface area contributed by atoms with Gasteiger partial charge in [0.2, 0.25) is 5.75 Å². The highest BCUT2D eigenvalue weighted by molar-refractivity contribution is 6.01. The maximum Gasteiger partial charge on any atom is 0.325 e. The molecule has 6 nitrogen and oxygen atoms in total. The van der Waals surface area contributed by atoms with E-state index in [4.69, 9.17) is 4.74 Å². The van der Waals surface area contributed by atoms with Gasteiger partial charge in [-0.15, -0.1) is 0 Å². The lowest BCUT2D eigenvalue weighted by Gasteiger charge is -2.08. The van der Waals surface area contributed by atoms with Crippen molar-refractivity contribution in [3.05, 3.63) is 63.7 Å². The molecule has 0 spiro atoms. The predicted molar refractivity (Wildman–Crippen MR) is 80.4 cm³/mol. The second-order valence-corrected chi connectivity index (χ2v) is 4.68. The Morgan fingerprint density at radius 3 is 2.50 bits per heavy atom. The Hall–Kier alpha value is -2.89. The Balaban J connectivity index is 2.28. The number of nitrogens with zero attached hydrogens (tertiary/aromatic N) is 1. The fourth-order valence-corrected chi connectivity index (χ4v) is 2.21. The van der Waals surface area contributed by atoms with Crippen LogP contribution in [0.4, 0.5) is 5.69 Å². The number of aromatic hydroxyl groups is 1. The zero-order valence-electron chi connectivity index (χ0n) is 12.0. The molecule has 0 radical (unpaired) electrons. The number of aryl methyl sites for hydroxylation is 1. The summed E-state index contributed by atoms with van der Waals surface area (Å²) in [5.41, 5.74) is 0.417. The van der Waals surface area contributed by atoms with E-state index in [9.17, 15) is 20.0 Å². The molecule has 0 bridgehead atoms. The Kier molecular flexibility index (Phi) is 4.73. The number of nitro benzene ring substituents is 1. The van der Waals surface area contributed by atoms with Crippen LogP contribution in [-0.2, 0) is 6.42 Å². The Labute approximate surface area is 127 Å². The highest BCUT2D eigenvalue weighted by Crippen LogP contribution is 2.39. The monoisotopic (exact) mass is 301 g/mol. The lowest BCUT2D eigenvalue weighted by Crippen LogP contribution is -2.07. The van der Waals surface area contributed by atoms with E-state index in [0.717, 1.165) is 5.56 Å². The molecule has 0 amide bonds. The first-order valence-corrected chi connectivity index (χ1v) is 6.66. The first-order chi connectivity index (χ1) is 10.5. The molecule has 2 rings (SSSR count). The summed E-state index contributed by atoms with van der Waals surface area (Å²) < 4.78 is 4.85. The summed E-state index contributed by atoms with van der Waals surface area (Å²) in [6.07, 6.45) is 0.624. The van der Waals surface area contributed by atoms with Crippen LogP contribution in [0.25, 0.3) is 0 Å². The number of phenols is 1. The zero-order valence-corrected chi connectivity index (χ0v) is 12.0. The summed E-state index contributed by atoms with van der Waals surface area (Å²) in [7, 11) is 1.21. The number of benzene rings is 2. The van der Waals surface area contributed by atoms with E-state index in [1.54, 1.807) is 0 Å². The first-order valence-electron chi connectivity index (χ1n) is 6.66. The van der Waals surface area contributed by atoms with Gasteiger partial charge >= 0.3 is 5.69 Å². The summed E-state index contributed by atoms with van der Waals surface area (Å²) in [6.45, 7) is 0. The van der Waals surface area contributed by atoms with Crippen molar-refractivity contribution in [3.8, 4) is 11.5 Å². The third-order valence-electron chi connectivity index (χ3n) is 3.28. The van der Waals surface area contributed by atoms with Gasteiger partial charge in [0.05, 0.1) is 17.6 Å². The quantitative estimate of drug-likeness (QED) is 0.503. The van der Waals surface area contributed by atoms with Crippen LogP contribution >= 0.6 is 0 Å². The van der Waals surface area contributed by atoms with E-state index in [1.807, 2.05) is 30.3 Å². The lowest BCUT2D eigenvalue weighted by atomic mass is 10.0. The third-order valence-corrected chi connectivity index (χ3v) is 3.28. The minimum atomic E-state index is -0.714. The van der Waals surface area contributed by atoms with Crippen molar-refractivity contribution in [2.45, 2.75) is 12.8 Å². The molecular weight excluding hydrogens is 286 g/mol. The van der Waals surface area contributed by atoms with Crippen LogP contribution in [0, 0.1) is 10.1 Å². The van der Waals surface area contributed by atoms with Crippen molar-refractivity contribution in [1.82, 2.24) is 0 Å². The van der Waals surface area contributed by atoms with E-state index >= 15 is 0 Å². The number of carbonyl (C=O) groups is 1. The van der Waals surface area contributed by atoms with Crippen LogP contribution in [-0.4, -0.2) is 22.9 Å². The first kappa shape index (κ1) is 15.5. The number of hydrogen-bond acceptors (Lipinski definition) is 5. The van der Waals surface area contributed by atoms with Gasteiger partial charge in [0.15, 0.2) is 11.5 Å². The minimum absolute atomic E-state index is 0.0596. The highest BCUT2D eigenvalue weighted by atomic mass is 16.6.